The molecule has 2 atom stereocenters. The topological polar surface area (TPSA) is 84.8 Å². The first-order valence-corrected chi connectivity index (χ1v) is 16.0. The average molecular weight is 587 g/mol. The fourth-order valence-corrected chi connectivity index (χ4v) is 7.96. The van der Waals surface area contributed by atoms with Crippen LogP contribution in [-0.2, 0) is 10.0 Å². The molecule has 6 nitrogen and oxygen atoms in total. The molecule has 1 aliphatic rings. The van der Waals surface area contributed by atoms with Crippen molar-refractivity contribution in [1.82, 2.24) is 19.9 Å². The van der Waals surface area contributed by atoms with Crippen molar-refractivity contribution in [3.05, 3.63) is 138 Å². The summed E-state index contributed by atoms with van der Waals surface area (Å²) >= 11 is 1.43. The summed E-state index contributed by atoms with van der Waals surface area (Å²) < 4.78 is 30.3. The maximum Gasteiger partial charge on any atom is 0.241 e. The molecule has 0 radical (unpaired) electrons. The standard InChI is InChI=1S/C34H26N4O2S2/c1-22-18-20-26(21-19-22)42(39,40)38-32-27-16-8-14-23-15-9-17-28(29(23)27)33(32)41-34-35-30(24-10-4-2-5-11-24)31(36-37-34)25-12-6-3-7-13-25/h2-21,32-33,38H,1H3/t32-,33+/m1/s1. The van der Waals surface area contributed by atoms with E-state index in [9.17, 15) is 8.42 Å². The summed E-state index contributed by atoms with van der Waals surface area (Å²) in [6.07, 6.45) is 0. The lowest BCUT2D eigenvalue weighted by molar-refractivity contribution is 0.557. The molecule has 5 aromatic carbocycles. The normalized spacial score (nSPS) is 16.1. The second kappa shape index (κ2) is 10.8. The Morgan fingerprint density at radius 2 is 1.29 bits per heavy atom. The predicted molar refractivity (Wildman–Crippen MR) is 167 cm³/mol. The van der Waals surface area contributed by atoms with Gasteiger partial charge in [0.1, 0.15) is 11.4 Å². The zero-order chi connectivity index (χ0) is 28.7. The summed E-state index contributed by atoms with van der Waals surface area (Å²) in [5.41, 5.74) is 6.26. The van der Waals surface area contributed by atoms with Gasteiger partial charge in [-0.3, -0.25) is 0 Å². The minimum absolute atomic E-state index is 0.233. The third-order valence-corrected chi connectivity index (χ3v) is 10.1. The van der Waals surface area contributed by atoms with Gasteiger partial charge in [-0.1, -0.05) is 127 Å². The van der Waals surface area contributed by atoms with Gasteiger partial charge in [0.15, 0.2) is 0 Å². The molecule has 8 heteroatoms. The van der Waals surface area contributed by atoms with E-state index in [1.807, 2.05) is 97.9 Å². The Hall–Kier alpha value is -4.37. The fourth-order valence-electron chi connectivity index (χ4n) is 5.51. The number of aryl methyl sites for hydroxylation is 1. The van der Waals surface area contributed by atoms with Crippen LogP contribution in [0.1, 0.15) is 28.0 Å². The lowest BCUT2D eigenvalue weighted by atomic mass is 10.0. The zero-order valence-corrected chi connectivity index (χ0v) is 24.3. The molecule has 1 heterocycles. The van der Waals surface area contributed by atoms with Crippen LogP contribution in [0.3, 0.4) is 0 Å². The van der Waals surface area contributed by atoms with E-state index in [4.69, 9.17) is 4.98 Å². The molecule has 0 unspecified atom stereocenters. The Kier molecular flexibility index (Phi) is 6.82. The molecule has 0 bridgehead atoms. The molecular weight excluding hydrogens is 561 g/mol. The summed E-state index contributed by atoms with van der Waals surface area (Å²) in [5.74, 6) is 0. The Bertz CT molecular complexity index is 2010. The third-order valence-electron chi connectivity index (χ3n) is 7.52. The molecule has 42 heavy (non-hydrogen) atoms. The Balaban J connectivity index is 1.32. The minimum Gasteiger partial charge on any atom is -0.219 e. The highest BCUT2D eigenvalue weighted by Gasteiger charge is 2.38. The average Bonchev–Trinajstić information content (AvgIpc) is 3.31. The van der Waals surface area contributed by atoms with Gasteiger partial charge < -0.3 is 0 Å². The van der Waals surface area contributed by atoms with E-state index in [1.54, 1.807) is 12.1 Å². The number of benzene rings is 5. The van der Waals surface area contributed by atoms with Crippen LogP contribution in [0.25, 0.3) is 33.3 Å². The van der Waals surface area contributed by atoms with Crippen molar-refractivity contribution in [3.8, 4) is 22.5 Å². The molecule has 206 valence electrons. The molecule has 6 aromatic rings. The van der Waals surface area contributed by atoms with Crippen LogP contribution in [-0.4, -0.2) is 23.6 Å². The van der Waals surface area contributed by atoms with Crippen molar-refractivity contribution in [3.63, 3.8) is 0 Å². The van der Waals surface area contributed by atoms with Crippen LogP contribution in [0.2, 0.25) is 0 Å². The van der Waals surface area contributed by atoms with Gasteiger partial charge >= 0.3 is 0 Å². The Morgan fingerprint density at radius 1 is 0.667 bits per heavy atom. The van der Waals surface area contributed by atoms with E-state index < -0.39 is 16.1 Å². The van der Waals surface area contributed by atoms with Crippen LogP contribution in [0.15, 0.2) is 131 Å². The van der Waals surface area contributed by atoms with E-state index in [-0.39, 0.29) is 10.1 Å². The SMILES string of the molecule is Cc1ccc(S(=O)(=O)N[C@@H]2c3cccc4cccc(c34)[C@@H]2Sc2nnc(-c3ccccc3)c(-c3ccccc3)n2)cc1. The van der Waals surface area contributed by atoms with Crippen molar-refractivity contribution < 1.29 is 8.42 Å². The highest BCUT2D eigenvalue weighted by atomic mass is 32.2. The molecule has 7 rings (SSSR count). The van der Waals surface area contributed by atoms with Gasteiger partial charge in [0.2, 0.25) is 15.2 Å². The second-order valence-electron chi connectivity index (χ2n) is 10.3. The largest absolute Gasteiger partial charge is 0.241 e. The molecule has 1 N–H and O–H groups in total. The van der Waals surface area contributed by atoms with Gasteiger partial charge in [-0.2, -0.15) is 0 Å². The van der Waals surface area contributed by atoms with Crippen molar-refractivity contribution in [2.45, 2.75) is 28.3 Å². The van der Waals surface area contributed by atoms with E-state index in [0.29, 0.717) is 10.9 Å². The number of rotatable bonds is 7. The van der Waals surface area contributed by atoms with E-state index in [1.165, 1.54) is 11.8 Å². The molecule has 1 aliphatic carbocycles. The van der Waals surface area contributed by atoms with Crippen molar-refractivity contribution >= 4 is 32.6 Å². The number of nitrogens with one attached hydrogen (secondary N) is 1. The second-order valence-corrected chi connectivity index (χ2v) is 13.1. The van der Waals surface area contributed by atoms with E-state index in [0.717, 1.165) is 44.3 Å². The molecule has 0 amide bonds. The van der Waals surface area contributed by atoms with Crippen LogP contribution in [0.4, 0.5) is 0 Å². The molecule has 0 saturated carbocycles. The molecule has 0 fully saturated rings. The van der Waals surface area contributed by atoms with Gasteiger partial charge in [0.05, 0.1) is 16.2 Å². The smallest absolute Gasteiger partial charge is 0.219 e. The minimum atomic E-state index is -3.81. The molecule has 0 saturated heterocycles. The first-order chi connectivity index (χ1) is 20.5. The number of hydrogen-bond acceptors (Lipinski definition) is 6. The first kappa shape index (κ1) is 26.5. The Labute approximate surface area is 248 Å². The van der Waals surface area contributed by atoms with Gasteiger partial charge in [0.25, 0.3) is 0 Å². The van der Waals surface area contributed by atoms with Gasteiger partial charge in [-0.05, 0) is 41.0 Å². The zero-order valence-electron chi connectivity index (χ0n) is 22.7. The first-order valence-electron chi connectivity index (χ1n) is 13.6. The van der Waals surface area contributed by atoms with Gasteiger partial charge in [0, 0.05) is 11.1 Å². The quantitative estimate of drug-likeness (QED) is 0.208. The van der Waals surface area contributed by atoms with Crippen LogP contribution < -0.4 is 4.72 Å². The van der Waals surface area contributed by atoms with Crippen molar-refractivity contribution in [1.29, 1.82) is 0 Å². The van der Waals surface area contributed by atoms with Crippen LogP contribution in [0, 0.1) is 6.92 Å². The van der Waals surface area contributed by atoms with Crippen molar-refractivity contribution in [2.24, 2.45) is 0 Å². The van der Waals surface area contributed by atoms with Crippen LogP contribution >= 0.6 is 11.8 Å². The lowest BCUT2D eigenvalue weighted by Gasteiger charge is -2.22. The van der Waals surface area contributed by atoms with E-state index >= 15 is 0 Å². The monoisotopic (exact) mass is 586 g/mol. The number of hydrogen-bond donors (Lipinski definition) is 1. The molecule has 0 aliphatic heterocycles. The maximum absolute atomic E-state index is 13.6. The number of aromatic nitrogens is 3. The summed E-state index contributed by atoms with van der Waals surface area (Å²) in [4.78, 5) is 5.25. The Morgan fingerprint density at radius 3 is 1.95 bits per heavy atom. The maximum atomic E-state index is 13.6. The summed E-state index contributed by atoms with van der Waals surface area (Å²) in [6.45, 7) is 1.94. The summed E-state index contributed by atoms with van der Waals surface area (Å²) in [6, 6.07) is 38.4. The number of nitrogens with zero attached hydrogens (tertiary/aromatic N) is 3. The van der Waals surface area contributed by atoms with Crippen LogP contribution in [0.5, 0.6) is 0 Å². The third kappa shape index (κ3) is 4.87. The summed E-state index contributed by atoms with van der Waals surface area (Å²) in [7, 11) is -3.81. The summed E-state index contributed by atoms with van der Waals surface area (Å²) in [5, 5.41) is 11.5. The van der Waals surface area contributed by atoms with E-state index in [2.05, 4.69) is 33.1 Å². The molecule has 1 aromatic heterocycles. The highest BCUT2D eigenvalue weighted by Crippen LogP contribution is 2.53. The number of thioether (sulfide) groups is 1. The van der Waals surface area contributed by atoms with Gasteiger partial charge in [-0.25, -0.2) is 18.1 Å². The van der Waals surface area contributed by atoms with Crippen molar-refractivity contribution in [2.75, 3.05) is 0 Å². The lowest BCUT2D eigenvalue weighted by Crippen LogP contribution is -2.30. The van der Waals surface area contributed by atoms with Gasteiger partial charge in [-0.15, -0.1) is 10.2 Å². The fraction of sp³-hybridized carbons (Fsp3) is 0.0882. The predicted octanol–water partition coefficient (Wildman–Crippen LogP) is 7.53. The highest BCUT2D eigenvalue weighted by molar-refractivity contribution is 7.99. The number of sulfonamides is 1. The molecule has 0 spiro atoms. The molecular formula is C34H26N4O2S2.